The number of nitrogens with one attached hydrogen (secondary N) is 1. The van der Waals surface area contributed by atoms with E-state index in [0.717, 1.165) is 18.5 Å². The number of hydrogen-bond donors (Lipinski definition) is 1. The molecule has 198 valence electrons. The fraction of sp³-hybridized carbons (Fsp3) is 0.556. The number of ether oxygens (including phenoxy) is 1. The Morgan fingerprint density at radius 1 is 1.06 bits per heavy atom. The van der Waals surface area contributed by atoms with Crippen molar-refractivity contribution >= 4 is 10.0 Å². The predicted molar refractivity (Wildman–Crippen MR) is 140 cm³/mol. The van der Waals surface area contributed by atoms with Crippen LogP contribution in [0.25, 0.3) is 0 Å². The van der Waals surface area contributed by atoms with Crippen molar-refractivity contribution in [3.63, 3.8) is 0 Å². The highest BCUT2D eigenvalue weighted by molar-refractivity contribution is 7.89. The Morgan fingerprint density at radius 2 is 1.69 bits per heavy atom. The fourth-order valence-electron chi connectivity index (χ4n) is 4.33. The van der Waals surface area contributed by atoms with Crippen LogP contribution in [0.15, 0.2) is 48.5 Å². The minimum atomic E-state index is -3.49. The summed E-state index contributed by atoms with van der Waals surface area (Å²) in [6, 6.07) is 14.4. The summed E-state index contributed by atoms with van der Waals surface area (Å²) in [5, 5.41) is 2.78. The predicted octanol–water partition coefficient (Wildman–Crippen LogP) is 5.97. The third-order valence-corrected chi connectivity index (χ3v) is 8.14. The van der Waals surface area contributed by atoms with Gasteiger partial charge in [0.25, 0.3) is 0 Å². The zero-order valence-corrected chi connectivity index (χ0v) is 22.8. The van der Waals surface area contributed by atoms with Crippen LogP contribution in [0, 0.1) is 5.82 Å². The number of halogens is 2. The Labute approximate surface area is 210 Å². The highest BCUT2D eigenvalue weighted by Crippen LogP contribution is 2.36. The van der Waals surface area contributed by atoms with Crippen LogP contribution in [0.5, 0.6) is 0 Å². The third-order valence-electron chi connectivity index (χ3n) is 5.88. The van der Waals surface area contributed by atoms with Crippen molar-refractivity contribution in [1.29, 1.82) is 0 Å². The summed E-state index contributed by atoms with van der Waals surface area (Å²) in [7, 11) is -2.99. The van der Waals surface area contributed by atoms with Crippen LogP contribution >= 0.6 is 0 Å². The molecule has 0 spiro atoms. The van der Waals surface area contributed by atoms with Crippen molar-refractivity contribution in [2.45, 2.75) is 64.8 Å². The SMILES string of the molecule is CC.CC.CCNC1(c2ccc(CN3CCC[C@H](c4ccccc4)S3(=O)=O)cc2F)COC1.CF. The monoisotopic (exact) mass is 512 g/mol. The van der Waals surface area contributed by atoms with Crippen molar-refractivity contribution in [2.24, 2.45) is 0 Å². The minimum absolute atomic E-state index is 0.188. The van der Waals surface area contributed by atoms with Crippen LogP contribution in [0.1, 0.15) is 69.4 Å². The Kier molecular flexibility index (Phi) is 13.6. The van der Waals surface area contributed by atoms with Crippen molar-refractivity contribution in [2.75, 3.05) is 33.5 Å². The van der Waals surface area contributed by atoms with Gasteiger partial charge in [0.1, 0.15) is 11.1 Å². The molecule has 0 bridgehead atoms. The molecule has 0 unspecified atom stereocenters. The number of rotatable bonds is 6. The van der Waals surface area contributed by atoms with Gasteiger partial charge in [-0.3, -0.25) is 4.39 Å². The maximum absolute atomic E-state index is 14.9. The third kappa shape index (κ3) is 7.32. The molecule has 2 saturated heterocycles. The molecule has 8 heteroatoms. The lowest BCUT2D eigenvalue weighted by atomic mass is 9.87. The molecule has 2 fully saturated rings. The zero-order valence-electron chi connectivity index (χ0n) is 22.0. The topological polar surface area (TPSA) is 58.6 Å². The highest BCUT2D eigenvalue weighted by atomic mass is 32.2. The Balaban J connectivity index is 0.000000949. The van der Waals surface area contributed by atoms with Gasteiger partial charge in [0, 0.05) is 18.7 Å². The van der Waals surface area contributed by atoms with Crippen LogP contribution in [-0.4, -0.2) is 46.2 Å². The van der Waals surface area contributed by atoms with Gasteiger partial charge in [-0.15, -0.1) is 0 Å². The van der Waals surface area contributed by atoms with Gasteiger partial charge in [-0.1, -0.05) is 77.1 Å². The molecular weight excluding hydrogens is 470 g/mol. The van der Waals surface area contributed by atoms with Gasteiger partial charge in [0.05, 0.1) is 25.9 Å². The van der Waals surface area contributed by atoms with E-state index in [1.807, 2.05) is 71.0 Å². The molecule has 1 N–H and O–H groups in total. The van der Waals surface area contributed by atoms with E-state index < -0.39 is 20.8 Å². The average Bonchev–Trinajstić information content (AvgIpc) is 2.87. The average molecular weight is 513 g/mol. The van der Waals surface area contributed by atoms with Gasteiger partial charge < -0.3 is 10.1 Å². The smallest absolute Gasteiger partial charge is 0.221 e. The summed E-state index contributed by atoms with van der Waals surface area (Å²) in [6.45, 7) is 12.2. The van der Waals surface area contributed by atoms with Gasteiger partial charge in [-0.2, -0.15) is 4.31 Å². The van der Waals surface area contributed by atoms with E-state index in [-0.39, 0.29) is 12.4 Å². The van der Waals surface area contributed by atoms with Gasteiger partial charge in [-0.25, -0.2) is 12.8 Å². The molecule has 4 rings (SSSR count). The van der Waals surface area contributed by atoms with Gasteiger partial charge in [-0.05, 0) is 36.6 Å². The quantitative estimate of drug-likeness (QED) is 0.518. The molecule has 2 aliphatic rings. The normalized spacial score (nSPS) is 19.9. The first-order chi connectivity index (χ1) is 17.0. The molecule has 2 heterocycles. The van der Waals surface area contributed by atoms with Crippen LogP contribution in [0.4, 0.5) is 8.78 Å². The summed E-state index contributed by atoms with van der Waals surface area (Å²) < 4.78 is 57.6. The van der Waals surface area contributed by atoms with E-state index in [4.69, 9.17) is 4.74 Å². The van der Waals surface area contributed by atoms with Crippen molar-refractivity contribution in [1.82, 2.24) is 9.62 Å². The van der Waals surface area contributed by atoms with Crippen LogP contribution in [0.3, 0.4) is 0 Å². The maximum Gasteiger partial charge on any atom is 0.221 e. The first-order valence-electron chi connectivity index (χ1n) is 12.5. The molecule has 2 aliphatic heterocycles. The summed E-state index contributed by atoms with van der Waals surface area (Å²) in [5.74, 6) is -0.319. The second kappa shape index (κ2) is 15.3. The lowest BCUT2D eigenvalue weighted by Crippen LogP contribution is -2.57. The highest BCUT2D eigenvalue weighted by Gasteiger charge is 2.42. The molecule has 2 aromatic rings. The molecule has 35 heavy (non-hydrogen) atoms. The van der Waals surface area contributed by atoms with Crippen molar-refractivity contribution in [3.05, 3.63) is 71.0 Å². The van der Waals surface area contributed by atoms with E-state index in [0.29, 0.717) is 44.5 Å². The Hall–Kier alpha value is -1.87. The molecule has 2 aromatic carbocycles. The van der Waals surface area contributed by atoms with Crippen LogP contribution in [-0.2, 0) is 26.8 Å². The molecule has 1 atom stereocenters. The van der Waals surface area contributed by atoms with E-state index in [2.05, 4.69) is 5.32 Å². The van der Waals surface area contributed by atoms with Crippen molar-refractivity contribution < 1.29 is 21.9 Å². The molecule has 0 amide bonds. The maximum atomic E-state index is 14.9. The lowest BCUT2D eigenvalue weighted by Gasteiger charge is -2.42. The van der Waals surface area contributed by atoms with Crippen molar-refractivity contribution in [3.8, 4) is 0 Å². The van der Waals surface area contributed by atoms with E-state index >= 15 is 0 Å². The number of benzene rings is 2. The first-order valence-corrected chi connectivity index (χ1v) is 14.0. The minimum Gasteiger partial charge on any atom is -0.377 e. The van der Waals surface area contributed by atoms with Crippen LogP contribution in [0.2, 0.25) is 0 Å². The summed E-state index contributed by atoms with van der Waals surface area (Å²) in [6.07, 6.45) is 1.40. The molecule has 0 aliphatic carbocycles. The number of nitrogens with zero attached hydrogens (tertiary/aromatic N) is 1. The second-order valence-electron chi connectivity index (χ2n) is 7.84. The lowest BCUT2D eigenvalue weighted by molar-refractivity contribution is -0.0793. The Bertz CT molecular complexity index is 968. The number of sulfonamides is 1. The largest absolute Gasteiger partial charge is 0.377 e. The summed E-state index contributed by atoms with van der Waals surface area (Å²) >= 11 is 0. The van der Waals surface area contributed by atoms with E-state index in [9.17, 15) is 17.2 Å². The van der Waals surface area contributed by atoms with E-state index in [1.54, 1.807) is 6.07 Å². The molecule has 0 aromatic heterocycles. The van der Waals surface area contributed by atoms with Gasteiger partial charge >= 0.3 is 0 Å². The van der Waals surface area contributed by atoms with E-state index in [1.165, 1.54) is 10.4 Å². The van der Waals surface area contributed by atoms with Gasteiger partial charge in [0.15, 0.2) is 0 Å². The molecule has 5 nitrogen and oxygen atoms in total. The van der Waals surface area contributed by atoms with Gasteiger partial charge in [0.2, 0.25) is 10.0 Å². The second-order valence-corrected chi connectivity index (χ2v) is 9.95. The number of hydrogen-bond acceptors (Lipinski definition) is 4. The van der Waals surface area contributed by atoms with Crippen LogP contribution < -0.4 is 5.32 Å². The zero-order chi connectivity index (χ0) is 26.5. The standard InChI is InChI=1S/C22H27FN2O3S.2C2H6.CH3F/c1-2-24-22(15-28-16-22)19-11-10-17(13-20(19)23)14-25-12-6-9-21(29(25,26)27)18-7-4-3-5-8-18;3*1-2/h3-5,7-8,10-11,13,21,24H,2,6,9,12,14-16H2,1H3;2*1-2H3;1H3/t21-;;;/m1.../s1. The summed E-state index contributed by atoms with van der Waals surface area (Å²) in [5.41, 5.74) is 1.58. The number of alkyl halides is 1. The Morgan fingerprint density at radius 3 is 2.20 bits per heavy atom. The molecule has 0 saturated carbocycles. The molecule has 0 radical (unpaired) electrons. The first kappa shape index (κ1) is 31.2. The number of likely N-dealkylation sites (N-methyl/N-ethyl adjacent to an activating group) is 1. The fourth-order valence-corrected chi connectivity index (χ4v) is 6.37. The summed E-state index contributed by atoms with van der Waals surface area (Å²) in [4.78, 5) is 0. The molecular formula is C27H42F2N2O3S.